The van der Waals surface area contributed by atoms with Crippen LogP contribution in [0.4, 0.5) is 0 Å². The molecular formula is C22H26N2O2. The zero-order valence-corrected chi connectivity index (χ0v) is 15.7. The Morgan fingerprint density at radius 3 is 2.58 bits per heavy atom. The molecule has 3 rings (SSSR count). The van der Waals surface area contributed by atoms with Crippen LogP contribution in [-0.4, -0.2) is 17.1 Å². The van der Waals surface area contributed by atoms with Crippen molar-refractivity contribution in [2.75, 3.05) is 6.61 Å². The van der Waals surface area contributed by atoms with Gasteiger partial charge in [-0.25, -0.2) is 0 Å². The molecule has 3 aromatic rings. The SMILES string of the molecule is CCCn1c(C(=O)NC(C)c2ccccc2)cc2c(OCC)cccc21. The number of rotatable bonds is 7. The van der Waals surface area contributed by atoms with E-state index in [1.165, 1.54) is 0 Å². The summed E-state index contributed by atoms with van der Waals surface area (Å²) in [5.74, 6) is 0.762. The summed E-state index contributed by atoms with van der Waals surface area (Å²) < 4.78 is 7.84. The number of carbonyl (C=O) groups is 1. The normalized spacial score (nSPS) is 12.1. The molecule has 0 saturated carbocycles. The Labute approximate surface area is 154 Å². The average molecular weight is 350 g/mol. The quantitative estimate of drug-likeness (QED) is 0.656. The molecule has 1 N–H and O–H groups in total. The maximum atomic E-state index is 13.0. The molecule has 1 unspecified atom stereocenters. The van der Waals surface area contributed by atoms with Crippen molar-refractivity contribution in [2.45, 2.75) is 39.8 Å². The summed E-state index contributed by atoms with van der Waals surface area (Å²) >= 11 is 0. The number of hydrogen-bond donors (Lipinski definition) is 1. The summed E-state index contributed by atoms with van der Waals surface area (Å²) in [5, 5.41) is 4.11. The Hall–Kier alpha value is -2.75. The van der Waals surface area contributed by atoms with Gasteiger partial charge in [0.25, 0.3) is 5.91 Å². The van der Waals surface area contributed by atoms with Crippen molar-refractivity contribution in [1.82, 2.24) is 9.88 Å². The zero-order chi connectivity index (χ0) is 18.5. The molecule has 1 amide bonds. The van der Waals surface area contributed by atoms with Crippen LogP contribution in [-0.2, 0) is 6.54 Å². The number of fused-ring (bicyclic) bond motifs is 1. The van der Waals surface area contributed by atoms with Crippen molar-refractivity contribution >= 4 is 16.8 Å². The summed E-state index contributed by atoms with van der Waals surface area (Å²) in [6, 6.07) is 17.9. The van der Waals surface area contributed by atoms with E-state index in [0.717, 1.165) is 35.2 Å². The van der Waals surface area contributed by atoms with Gasteiger partial charge >= 0.3 is 0 Å². The highest BCUT2D eigenvalue weighted by atomic mass is 16.5. The summed E-state index contributed by atoms with van der Waals surface area (Å²) in [7, 11) is 0. The number of carbonyl (C=O) groups excluding carboxylic acids is 1. The number of nitrogens with one attached hydrogen (secondary N) is 1. The zero-order valence-electron chi connectivity index (χ0n) is 15.7. The molecule has 1 heterocycles. The molecule has 1 aromatic heterocycles. The molecule has 26 heavy (non-hydrogen) atoms. The summed E-state index contributed by atoms with van der Waals surface area (Å²) in [4.78, 5) is 13.0. The van der Waals surface area contributed by atoms with Crippen LogP contribution in [0.25, 0.3) is 10.9 Å². The number of ether oxygens (including phenoxy) is 1. The number of aryl methyl sites for hydroxylation is 1. The number of nitrogens with zero attached hydrogens (tertiary/aromatic N) is 1. The van der Waals surface area contributed by atoms with Gasteiger partial charge in [0, 0.05) is 11.9 Å². The van der Waals surface area contributed by atoms with E-state index in [0.29, 0.717) is 12.3 Å². The molecule has 4 heteroatoms. The van der Waals surface area contributed by atoms with Gasteiger partial charge in [0.15, 0.2) is 0 Å². The van der Waals surface area contributed by atoms with Gasteiger partial charge in [-0.2, -0.15) is 0 Å². The molecule has 0 aliphatic carbocycles. The number of amides is 1. The van der Waals surface area contributed by atoms with Crippen molar-refractivity contribution in [3.05, 3.63) is 65.9 Å². The van der Waals surface area contributed by atoms with Crippen LogP contribution in [0.3, 0.4) is 0 Å². The number of aromatic nitrogens is 1. The minimum atomic E-state index is -0.0616. The molecule has 0 bridgehead atoms. The average Bonchev–Trinajstić information content (AvgIpc) is 3.03. The lowest BCUT2D eigenvalue weighted by atomic mass is 10.1. The van der Waals surface area contributed by atoms with E-state index in [2.05, 4.69) is 16.8 Å². The van der Waals surface area contributed by atoms with Crippen molar-refractivity contribution in [2.24, 2.45) is 0 Å². The van der Waals surface area contributed by atoms with E-state index in [-0.39, 0.29) is 11.9 Å². The van der Waals surface area contributed by atoms with Crippen LogP contribution < -0.4 is 10.1 Å². The maximum absolute atomic E-state index is 13.0. The Morgan fingerprint density at radius 1 is 1.12 bits per heavy atom. The molecule has 1 atom stereocenters. The fraction of sp³-hybridized carbons (Fsp3) is 0.318. The van der Waals surface area contributed by atoms with Crippen LogP contribution in [0.5, 0.6) is 5.75 Å². The first kappa shape index (κ1) is 18.1. The summed E-state index contributed by atoms with van der Waals surface area (Å²) in [6.45, 7) is 7.49. The van der Waals surface area contributed by atoms with E-state index in [4.69, 9.17) is 4.74 Å². The van der Waals surface area contributed by atoms with E-state index in [1.54, 1.807) is 0 Å². The van der Waals surface area contributed by atoms with Gasteiger partial charge in [-0.3, -0.25) is 4.79 Å². The molecule has 0 saturated heterocycles. The largest absolute Gasteiger partial charge is 0.493 e. The fourth-order valence-electron chi connectivity index (χ4n) is 3.29. The molecule has 136 valence electrons. The van der Waals surface area contributed by atoms with Gasteiger partial charge in [0.2, 0.25) is 0 Å². The van der Waals surface area contributed by atoms with Crippen molar-refractivity contribution in [1.29, 1.82) is 0 Å². The van der Waals surface area contributed by atoms with Crippen molar-refractivity contribution in [3.63, 3.8) is 0 Å². The second kappa shape index (κ2) is 8.09. The Kier molecular flexibility index (Phi) is 5.61. The van der Waals surface area contributed by atoms with Gasteiger partial charge in [-0.1, -0.05) is 43.3 Å². The summed E-state index contributed by atoms with van der Waals surface area (Å²) in [6.07, 6.45) is 0.956. The van der Waals surface area contributed by atoms with Crippen molar-refractivity contribution < 1.29 is 9.53 Å². The first-order chi connectivity index (χ1) is 12.7. The first-order valence-electron chi connectivity index (χ1n) is 9.26. The Balaban J connectivity index is 1.96. The van der Waals surface area contributed by atoms with Crippen LogP contribution >= 0.6 is 0 Å². The molecule has 0 fully saturated rings. The smallest absolute Gasteiger partial charge is 0.268 e. The molecule has 4 nitrogen and oxygen atoms in total. The molecule has 0 spiro atoms. The van der Waals surface area contributed by atoms with E-state index < -0.39 is 0 Å². The predicted octanol–water partition coefficient (Wildman–Crippen LogP) is 4.94. The van der Waals surface area contributed by atoms with Gasteiger partial charge in [0.05, 0.1) is 18.2 Å². The van der Waals surface area contributed by atoms with Gasteiger partial charge < -0.3 is 14.6 Å². The second-order valence-electron chi connectivity index (χ2n) is 6.41. The predicted molar refractivity (Wildman–Crippen MR) is 106 cm³/mol. The minimum Gasteiger partial charge on any atom is -0.493 e. The molecular weight excluding hydrogens is 324 g/mol. The van der Waals surface area contributed by atoms with Crippen molar-refractivity contribution in [3.8, 4) is 5.75 Å². The van der Waals surface area contributed by atoms with E-state index in [9.17, 15) is 4.79 Å². The van der Waals surface area contributed by atoms with Gasteiger partial charge in [-0.05, 0) is 44.0 Å². The van der Waals surface area contributed by atoms with E-state index in [1.807, 2.05) is 68.4 Å². The molecule has 0 aliphatic heterocycles. The summed E-state index contributed by atoms with van der Waals surface area (Å²) in [5.41, 5.74) is 2.81. The highest BCUT2D eigenvalue weighted by molar-refractivity contribution is 6.00. The Bertz CT molecular complexity index is 884. The fourth-order valence-corrected chi connectivity index (χ4v) is 3.29. The van der Waals surface area contributed by atoms with Crippen LogP contribution in [0.2, 0.25) is 0 Å². The lowest BCUT2D eigenvalue weighted by Crippen LogP contribution is -2.28. The molecule has 0 radical (unpaired) electrons. The highest BCUT2D eigenvalue weighted by Crippen LogP contribution is 2.29. The topological polar surface area (TPSA) is 43.3 Å². The maximum Gasteiger partial charge on any atom is 0.268 e. The lowest BCUT2D eigenvalue weighted by Gasteiger charge is -2.15. The Morgan fingerprint density at radius 2 is 1.88 bits per heavy atom. The van der Waals surface area contributed by atoms with Crippen LogP contribution in [0.1, 0.15) is 49.3 Å². The second-order valence-corrected chi connectivity index (χ2v) is 6.41. The van der Waals surface area contributed by atoms with Crippen LogP contribution in [0.15, 0.2) is 54.6 Å². The highest BCUT2D eigenvalue weighted by Gasteiger charge is 2.19. The third kappa shape index (κ3) is 3.59. The minimum absolute atomic E-state index is 0.0526. The van der Waals surface area contributed by atoms with E-state index >= 15 is 0 Å². The number of hydrogen-bond acceptors (Lipinski definition) is 2. The third-order valence-electron chi connectivity index (χ3n) is 4.53. The first-order valence-corrected chi connectivity index (χ1v) is 9.26. The molecule has 0 aliphatic rings. The molecule has 2 aromatic carbocycles. The number of benzene rings is 2. The third-order valence-corrected chi connectivity index (χ3v) is 4.53. The van der Waals surface area contributed by atoms with Gasteiger partial charge in [0.1, 0.15) is 11.4 Å². The standard InChI is InChI=1S/C22H26N2O2/c1-4-14-24-19-12-9-13-21(26-5-2)18(19)15-20(24)22(25)23-16(3)17-10-7-6-8-11-17/h6-13,15-16H,4-5,14H2,1-3H3,(H,23,25). The monoisotopic (exact) mass is 350 g/mol. The van der Waals surface area contributed by atoms with Crippen LogP contribution in [0, 0.1) is 0 Å². The lowest BCUT2D eigenvalue weighted by molar-refractivity contribution is 0.0931. The van der Waals surface area contributed by atoms with Gasteiger partial charge in [-0.15, -0.1) is 0 Å².